The van der Waals surface area contributed by atoms with Gasteiger partial charge >= 0.3 is 19.2 Å². The number of aromatic nitrogens is 4. The quantitative estimate of drug-likeness (QED) is 0.0159. The van der Waals surface area contributed by atoms with Crippen molar-refractivity contribution in [1.29, 1.82) is 5.26 Å². The van der Waals surface area contributed by atoms with Gasteiger partial charge in [0.2, 0.25) is 0 Å². The lowest BCUT2D eigenvalue weighted by molar-refractivity contribution is -0.104. The van der Waals surface area contributed by atoms with E-state index in [4.69, 9.17) is 50.3 Å². The van der Waals surface area contributed by atoms with E-state index in [0.717, 1.165) is 11.6 Å². The summed E-state index contributed by atoms with van der Waals surface area (Å²) in [6.07, 6.45) is -9.05. The van der Waals surface area contributed by atoms with Crippen LogP contribution >= 0.6 is 7.82 Å². The molecule has 1 unspecified atom stereocenters. The number of aromatic amines is 2. The molecule has 0 radical (unpaired) electrons. The maximum Gasteiger partial charge on any atom is 0.475 e. The number of nitrogens with one attached hydrogen (secondary N) is 2. The van der Waals surface area contributed by atoms with Crippen LogP contribution in [0.2, 0.25) is 36.3 Å². The summed E-state index contributed by atoms with van der Waals surface area (Å²) < 4.78 is 119. The first kappa shape index (κ1) is 70.5. The average Bonchev–Trinajstić information content (AvgIpc) is 1.78. The Morgan fingerprint density at radius 2 is 1.29 bits per heavy atom. The van der Waals surface area contributed by atoms with Crippen LogP contribution < -0.4 is 32.0 Å². The Morgan fingerprint density at radius 3 is 1.84 bits per heavy atom. The first-order valence-corrected chi connectivity index (χ1v) is 38.7. The second-order valence-corrected chi connectivity index (χ2v) is 38.4. The smallest absolute Gasteiger partial charge is 0.475 e. The molecule has 492 valence electrons. The Morgan fingerprint density at radius 1 is 0.725 bits per heavy atom. The zero-order valence-corrected chi connectivity index (χ0v) is 57.7. The van der Waals surface area contributed by atoms with Crippen LogP contribution in [0.15, 0.2) is 146 Å². The van der Waals surface area contributed by atoms with Crippen LogP contribution in [-0.2, 0) is 61.1 Å². The van der Waals surface area contributed by atoms with Crippen molar-refractivity contribution in [2.24, 2.45) is 0 Å². The number of methoxy groups -OCH3 is 2. The molecule has 0 aliphatic carbocycles. The number of aryl methyl sites for hydroxylation is 2. The molecule has 91 heavy (non-hydrogen) atoms. The SMILES string of the molecule is COc1ccc(C(OC[C@H]2O[C@@H](n3cc(C)c(=O)[nH]c3=O)C[C@@H]2OP(=O)(OCCC#N)O[C@@H](CCOS(=O)(=O)c2ccc(C)cc2)[C@H]2O[C@@H](n3ccc(=O)[nH]c3=O)[C@H](O[Si](C)(C)C(C)(C)C)[C@@H]2O[Si](C)(C)C(C)(C)C)(c2ccccc2)c2ccc(OC)cc2)cc1. The monoisotopic (exact) mass is 1330 g/mol. The molecule has 0 amide bonds. The van der Waals surface area contributed by atoms with Gasteiger partial charge < -0.3 is 32.5 Å². The fourth-order valence-corrected chi connectivity index (χ4v) is 15.4. The third-order valence-corrected chi connectivity index (χ3v) is 29.2. The Kier molecular flexibility index (Phi) is 22.0. The first-order valence-electron chi connectivity index (χ1n) is 30.0. The standard InChI is InChI=1S/C64H84N5O18PSSi2/c1-42-21-31-49(32-22-42)89(75,76)81-38-34-50(55-56(86-90(11,12)62(3,4)5)57(87-91(13,14)63(6,7)8)59(83-55)68-36-33-53(70)66-60(68)72)84-88(74,80-37-18-35-65)85-51-39-54(69-40-43(2)58(71)67-61(69)73)82-52(51)41-79-64(44-19-16-15-17-20-44,45-23-27-47(77-9)28-24-45)46-25-29-48(78-10)30-26-46/h15-17,19-33,36,40,50-52,54-57,59H,18,34,37-39,41H2,1-14H3,(H,66,70,72)(H,67,71,73)/t50-,51-,52+,54+,55+,56+,57+,59+,88?/m0/s1. The molecule has 8 rings (SSSR count). The predicted octanol–water partition coefficient (Wildman–Crippen LogP) is 10.3. The second kappa shape index (κ2) is 28.4. The lowest BCUT2D eigenvalue weighted by Crippen LogP contribution is -2.55. The van der Waals surface area contributed by atoms with Crippen molar-refractivity contribution in [3.63, 3.8) is 0 Å². The fourth-order valence-electron chi connectivity index (χ4n) is 10.3. The van der Waals surface area contributed by atoms with Crippen molar-refractivity contribution < 1.29 is 63.3 Å². The molecule has 6 aromatic rings. The molecule has 2 aliphatic rings. The molecule has 2 saturated heterocycles. The topological polar surface area (TPSA) is 286 Å². The van der Waals surface area contributed by atoms with Gasteiger partial charge in [0.05, 0.1) is 51.4 Å². The minimum atomic E-state index is -5.24. The van der Waals surface area contributed by atoms with Crippen molar-refractivity contribution in [3.8, 4) is 17.6 Å². The Balaban J connectivity index is 1.29. The number of nitriles is 1. The van der Waals surface area contributed by atoms with E-state index in [9.17, 15) is 32.9 Å². The van der Waals surface area contributed by atoms with Gasteiger partial charge in [0.15, 0.2) is 22.9 Å². The van der Waals surface area contributed by atoms with Gasteiger partial charge in [0, 0.05) is 36.9 Å². The summed E-state index contributed by atoms with van der Waals surface area (Å²) >= 11 is 0. The van der Waals surface area contributed by atoms with Crippen LogP contribution in [0, 0.1) is 25.2 Å². The van der Waals surface area contributed by atoms with Crippen molar-refractivity contribution in [2.45, 2.75) is 170 Å². The van der Waals surface area contributed by atoms with E-state index in [1.54, 1.807) is 57.5 Å². The Hall–Kier alpha value is -6.42. The molecule has 27 heteroatoms. The number of phosphoric ester groups is 1. The number of rotatable bonds is 27. The van der Waals surface area contributed by atoms with E-state index in [1.165, 1.54) is 40.6 Å². The van der Waals surface area contributed by atoms with Crippen LogP contribution in [0.4, 0.5) is 0 Å². The molecule has 4 aromatic carbocycles. The molecule has 2 fully saturated rings. The molecule has 0 saturated carbocycles. The zero-order chi connectivity index (χ0) is 66.5. The number of phosphoric acid groups is 1. The van der Waals surface area contributed by atoms with Crippen LogP contribution in [0.25, 0.3) is 0 Å². The maximum atomic E-state index is 16.4. The molecule has 9 atom stereocenters. The van der Waals surface area contributed by atoms with Crippen LogP contribution in [0.1, 0.15) is 101 Å². The van der Waals surface area contributed by atoms with E-state index >= 15 is 4.57 Å². The number of hydrogen-bond acceptors (Lipinski definition) is 19. The van der Waals surface area contributed by atoms with Gasteiger partial charge in [0.1, 0.15) is 60.0 Å². The van der Waals surface area contributed by atoms with Gasteiger partial charge in [-0.15, -0.1) is 0 Å². The highest BCUT2D eigenvalue weighted by atomic mass is 32.2. The van der Waals surface area contributed by atoms with Crippen molar-refractivity contribution in [3.05, 3.63) is 191 Å². The number of H-pyrrole nitrogens is 2. The Bertz CT molecular complexity index is 3870. The summed E-state index contributed by atoms with van der Waals surface area (Å²) in [5, 5.41) is 9.03. The van der Waals surface area contributed by atoms with Gasteiger partial charge in [-0.1, -0.05) is 114 Å². The van der Waals surface area contributed by atoms with E-state index in [2.05, 4.69) is 9.97 Å². The molecule has 0 spiro atoms. The molecule has 2 aliphatic heterocycles. The Labute approximate surface area is 532 Å². The normalized spacial score (nSPS) is 21.0. The number of benzene rings is 4. The van der Waals surface area contributed by atoms with Gasteiger partial charge in [-0.05, 0) is 103 Å². The minimum absolute atomic E-state index is 0.142. The molecule has 4 heterocycles. The van der Waals surface area contributed by atoms with Crippen molar-refractivity contribution >= 4 is 34.6 Å². The summed E-state index contributed by atoms with van der Waals surface area (Å²) in [6, 6.07) is 33.2. The van der Waals surface area contributed by atoms with Crippen LogP contribution in [0.3, 0.4) is 0 Å². The largest absolute Gasteiger partial charge is 0.497 e. The van der Waals surface area contributed by atoms with E-state index < -0.39 is 141 Å². The number of nitrogens with zero attached hydrogens (tertiary/aromatic N) is 3. The predicted molar refractivity (Wildman–Crippen MR) is 345 cm³/mol. The lowest BCUT2D eigenvalue weighted by Gasteiger charge is -2.44. The third-order valence-electron chi connectivity index (χ3n) is 17.4. The molecular weight excluding hydrogens is 1250 g/mol. The summed E-state index contributed by atoms with van der Waals surface area (Å²) in [7, 11) is -12.5. The number of hydrogen-bond donors (Lipinski definition) is 2. The highest BCUT2D eigenvalue weighted by Gasteiger charge is 2.58. The van der Waals surface area contributed by atoms with Gasteiger partial charge in [-0.25, -0.2) is 14.2 Å². The zero-order valence-electron chi connectivity index (χ0n) is 54.0. The molecular formula is C64H84N5O18PSSi2. The second-order valence-electron chi connectivity index (χ2n) is 25.7. The highest BCUT2D eigenvalue weighted by Crippen LogP contribution is 2.57. The highest BCUT2D eigenvalue weighted by molar-refractivity contribution is 7.86. The summed E-state index contributed by atoms with van der Waals surface area (Å²) in [5.74, 6) is 1.14. The average molecular weight is 1330 g/mol. The minimum Gasteiger partial charge on any atom is -0.497 e. The van der Waals surface area contributed by atoms with E-state index in [1.807, 2.05) is 128 Å². The van der Waals surface area contributed by atoms with Crippen LogP contribution in [0.5, 0.6) is 11.5 Å². The first-order chi connectivity index (χ1) is 42.7. The van der Waals surface area contributed by atoms with Gasteiger partial charge in [0.25, 0.3) is 21.2 Å². The number of ether oxygens (including phenoxy) is 5. The van der Waals surface area contributed by atoms with Crippen molar-refractivity contribution in [1.82, 2.24) is 19.1 Å². The van der Waals surface area contributed by atoms with E-state index in [0.29, 0.717) is 28.2 Å². The van der Waals surface area contributed by atoms with Gasteiger partial charge in [-0.2, -0.15) is 13.7 Å². The fraction of sp³-hybridized carbons (Fsp3) is 0.484. The molecule has 2 N–H and O–H groups in total. The maximum absolute atomic E-state index is 16.4. The lowest BCUT2D eigenvalue weighted by atomic mass is 9.80. The third kappa shape index (κ3) is 16.2. The summed E-state index contributed by atoms with van der Waals surface area (Å²) in [5.41, 5.74) is -1.46. The van der Waals surface area contributed by atoms with Gasteiger partial charge in [-0.3, -0.25) is 46.4 Å². The van der Waals surface area contributed by atoms with Crippen LogP contribution in [-0.4, -0.2) is 115 Å². The molecule has 0 bridgehead atoms. The summed E-state index contributed by atoms with van der Waals surface area (Å²) in [6.45, 7) is 22.0. The van der Waals surface area contributed by atoms with E-state index in [-0.39, 0.29) is 29.9 Å². The summed E-state index contributed by atoms with van der Waals surface area (Å²) in [4.78, 5) is 57.9. The molecule has 2 aromatic heterocycles. The van der Waals surface area contributed by atoms with Crippen molar-refractivity contribution in [2.75, 3.05) is 34.0 Å². The molecule has 23 nitrogen and oxygen atoms in total.